The van der Waals surface area contributed by atoms with Gasteiger partial charge >= 0.3 is 97.9 Å². The normalized spacial score (nSPS) is 13.9. The van der Waals surface area contributed by atoms with Crippen LogP contribution in [-0.2, 0) is 12.6 Å². The van der Waals surface area contributed by atoms with Crippen LogP contribution in [0.15, 0.2) is 24.3 Å². The van der Waals surface area contributed by atoms with Gasteiger partial charge in [-0.05, 0) is 0 Å². The first-order chi connectivity index (χ1) is 6.93. The monoisotopic (exact) mass is 332 g/mol. The van der Waals surface area contributed by atoms with Gasteiger partial charge in [-0.3, -0.25) is 0 Å². The molecule has 0 aliphatic heterocycles. The number of benzene rings is 1. The molecule has 0 saturated heterocycles. The van der Waals surface area contributed by atoms with Crippen LogP contribution in [0.1, 0.15) is 18.1 Å². The fourth-order valence-corrected chi connectivity index (χ4v) is 2.27. The molecule has 0 bridgehead atoms. The van der Waals surface area contributed by atoms with Crippen LogP contribution < -0.4 is 0 Å². The predicted molar refractivity (Wildman–Crippen MR) is 56.2 cm³/mol. The van der Waals surface area contributed by atoms with E-state index in [0.717, 1.165) is 24.1 Å². The molecule has 0 saturated carbocycles. The van der Waals surface area contributed by atoms with Gasteiger partial charge in [0.1, 0.15) is 0 Å². The van der Waals surface area contributed by atoms with Gasteiger partial charge in [-0.1, -0.05) is 0 Å². The van der Waals surface area contributed by atoms with E-state index in [1.807, 2.05) is 0 Å². The Labute approximate surface area is 98.0 Å². The molecule has 15 heavy (non-hydrogen) atoms. The molecule has 1 atom stereocenters. The Kier molecular flexibility index (Phi) is 4.48. The second kappa shape index (κ2) is 5.23. The van der Waals surface area contributed by atoms with Crippen LogP contribution in [0, 0.1) is 0 Å². The summed E-state index contributed by atoms with van der Waals surface area (Å²) >= 11 is 0.00614. The molecule has 0 N–H and O–H groups in total. The number of halogens is 3. The van der Waals surface area contributed by atoms with E-state index in [1.165, 1.54) is 0 Å². The summed E-state index contributed by atoms with van der Waals surface area (Å²) in [5.74, 6) is 0. The molecule has 0 spiro atoms. The van der Waals surface area contributed by atoms with Crippen LogP contribution in [0.2, 0.25) is 8.94 Å². The maximum atomic E-state index is 12.3. The summed E-state index contributed by atoms with van der Waals surface area (Å²) < 4.78 is 37.4. The van der Waals surface area contributed by atoms with Crippen molar-refractivity contribution < 1.29 is 13.2 Å². The molecule has 0 aromatic heterocycles. The fourth-order valence-electron chi connectivity index (χ4n) is 1.25. The van der Waals surface area contributed by atoms with Crippen molar-refractivity contribution in [1.29, 1.82) is 0 Å². The molecule has 1 unspecified atom stereocenters. The predicted octanol–water partition coefficient (Wildman–Crippen LogP) is 3.81. The van der Waals surface area contributed by atoms with Crippen molar-refractivity contribution in [1.82, 2.24) is 0 Å². The van der Waals surface area contributed by atoms with Gasteiger partial charge in [0, 0.05) is 0 Å². The third kappa shape index (κ3) is 4.04. The second-order valence-electron chi connectivity index (χ2n) is 3.45. The number of hydrogen-bond acceptors (Lipinski definition) is 0. The Hall–Kier alpha value is -0.200. The van der Waals surface area contributed by atoms with Crippen molar-refractivity contribution in [3.05, 3.63) is 35.4 Å². The van der Waals surface area contributed by atoms with Crippen molar-refractivity contribution in [2.24, 2.45) is 0 Å². The van der Waals surface area contributed by atoms with Crippen LogP contribution in [0.25, 0.3) is 0 Å². The van der Waals surface area contributed by atoms with Crippen molar-refractivity contribution >= 4 is 20.9 Å². The van der Waals surface area contributed by atoms with Crippen molar-refractivity contribution in [3.8, 4) is 0 Å². The first-order valence-electron chi connectivity index (χ1n) is 4.62. The van der Waals surface area contributed by atoms with Gasteiger partial charge in [0.25, 0.3) is 0 Å². The molecule has 1 rings (SSSR count). The Balaban J connectivity index is 2.73. The van der Waals surface area contributed by atoms with E-state index in [0.29, 0.717) is 3.97 Å². The summed E-state index contributed by atoms with van der Waals surface area (Å²) in [5.41, 5.74) is 0.439. The first kappa shape index (κ1) is 12.9. The molecular weight excluding hydrogens is 317 g/mol. The first-order valence-corrected chi connectivity index (χ1v) is 8.30. The zero-order chi connectivity index (χ0) is 11.5. The average Bonchev–Trinajstić information content (AvgIpc) is 2.17. The van der Waals surface area contributed by atoms with Crippen molar-refractivity contribution in [3.63, 3.8) is 0 Å². The zero-order valence-electron chi connectivity index (χ0n) is 8.64. The van der Waals surface area contributed by atoms with E-state index >= 15 is 0 Å². The summed E-state index contributed by atoms with van der Waals surface area (Å²) in [6, 6.07) is 5.50. The Morgan fingerprint density at radius 1 is 1.20 bits per heavy atom. The van der Waals surface area contributed by atoms with Crippen molar-refractivity contribution in [2.45, 2.75) is 28.5 Å². The van der Waals surface area contributed by atoms with E-state index < -0.39 is 11.7 Å². The van der Waals surface area contributed by atoms with Gasteiger partial charge in [-0.15, -0.1) is 0 Å². The molecule has 0 heterocycles. The standard InChI is InChI=1S/C11H13F3Te/c1-8(15-2)7-9-3-5-10(6-4-9)11(12,13)14/h3-6,8H,7H2,1-2H3. The second-order valence-corrected chi connectivity index (χ2v) is 7.09. The summed E-state index contributed by atoms with van der Waals surface area (Å²) in [7, 11) is 0. The SMILES string of the molecule is C[Te]C(C)Cc1ccc(C(F)(F)F)cc1. The van der Waals surface area contributed by atoms with E-state index in [2.05, 4.69) is 11.9 Å². The van der Waals surface area contributed by atoms with Gasteiger partial charge in [-0.25, -0.2) is 0 Å². The molecule has 84 valence electrons. The van der Waals surface area contributed by atoms with Gasteiger partial charge in [-0.2, -0.15) is 0 Å². The molecule has 1 aromatic carbocycles. The average molecular weight is 330 g/mol. The van der Waals surface area contributed by atoms with Crippen LogP contribution in [0.4, 0.5) is 13.2 Å². The molecule has 0 radical (unpaired) electrons. The summed E-state index contributed by atoms with van der Waals surface area (Å²) in [4.78, 5) is 2.21. The molecule has 0 aliphatic carbocycles. The topological polar surface area (TPSA) is 0 Å². The fraction of sp³-hybridized carbons (Fsp3) is 0.455. The van der Waals surface area contributed by atoms with Crippen LogP contribution in [0.5, 0.6) is 0 Å². The molecular formula is C11H13F3Te. The van der Waals surface area contributed by atoms with E-state index in [9.17, 15) is 13.2 Å². The molecule has 1 aromatic rings. The Morgan fingerprint density at radius 2 is 1.73 bits per heavy atom. The minimum absolute atomic E-state index is 0.00614. The Bertz CT molecular complexity index is 303. The van der Waals surface area contributed by atoms with E-state index in [4.69, 9.17) is 0 Å². The molecule has 0 amide bonds. The molecule has 4 heteroatoms. The van der Waals surface area contributed by atoms with Crippen LogP contribution in [-0.4, -0.2) is 20.9 Å². The number of alkyl halides is 3. The molecule has 0 nitrogen and oxygen atoms in total. The van der Waals surface area contributed by atoms with Gasteiger partial charge < -0.3 is 0 Å². The Morgan fingerprint density at radius 3 is 2.13 bits per heavy atom. The summed E-state index contributed by atoms with van der Waals surface area (Å²) in [6.45, 7) is 2.15. The van der Waals surface area contributed by atoms with E-state index in [-0.39, 0.29) is 20.9 Å². The third-order valence-electron chi connectivity index (χ3n) is 2.21. The third-order valence-corrected chi connectivity index (χ3v) is 4.98. The quantitative estimate of drug-likeness (QED) is 0.740. The van der Waals surface area contributed by atoms with Gasteiger partial charge in [0.2, 0.25) is 0 Å². The minimum atomic E-state index is -4.22. The van der Waals surface area contributed by atoms with Gasteiger partial charge in [0.05, 0.1) is 0 Å². The van der Waals surface area contributed by atoms with Crippen LogP contribution >= 0.6 is 0 Å². The van der Waals surface area contributed by atoms with Crippen LogP contribution in [0.3, 0.4) is 0 Å². The number of hydrogen-bond donors (Lipinski definition) is 0. The van der Waals surface area contributed by atoms with E-state index in [1.54, 1.807) is 12.1 Å². The van der Waals surface area contributed by atoms with Gasteiger partial charge in [0.15, 0.2) is 0 Å². The molecule has 0 aliphatic rings. The molecule has 0 fully saturated rings. The zero-order valence-corrected chi connectivity index (χ0v) is 11.0. The number of rotatable bonds is 3. The summed E-state index contributed by atoms with van der Waals surface area (Å²) in [5, 5.41) is 0. The van der Waals surface area contributed by atoms with Crippen molar-refractivity contribution in [2.75, 3.05) is 0 Å². The summed E-state index contributed by atoms with van der Waals surface area (Å²) in [6.07, 6.45) is -3.32. The maximum absolute atomic E-state index is 12.3.